The van der Waals surface area contributed by atoms with Gasteiger partial charge in [0.05, 0.1) is 18.6 Å². The summed E-state index contributed by atoms with van der Waals surface area (Å²) < 4.78 is 7.17. The summed E-state index contributed by atoms with van der Waals surface area (Å²) in [5.41, 5.74) is -2.30. The van der Waals surface area contributed by atoms with Crippen LogP contribution >= 0.6 is 66.7 Å². The Kier molecular flexibility index (Phi) is 10.2. The van der Waals surface area contributed by atoms with Crippen molar-refractivity contribution in [1.82, 2.24) is 0 Å². The molecule has 4 aromatic carbocycles. The first-order chi connectivity index (χ1) is 21.5. The highest BCUT2D eigenvalue weighted by Gasteiger charge is 2.68. The standard InChI is InChI=1S/C35H26Br2Cl3NO4/c1-2-45-33(43)34(19-41)28(27-16-15-26(39)17-29(27)40)18-35(44,22-7-11-24(37)12-8-22)31(30(34)20-5-13-25(38)14-6-20)32(42)21-3-9-23(36)10-4-21/h3-17,28,30-31,44H,2,18H2,1H3/t28-,30+,31-,34+,35-/m0/s1. The molecule has 0 aromatic heterocycles. The Morgan fingerprint density at radius 2 is 1.49 bits per heavy atom. The van der Waals surface area contributed by atoms with E-state index in [1.54, 1.807) is 91.9 Å². The number of ketones is 1. The van der Waals surface area contributed by atoms with Crippen molar-refractivity contribution in [2.75, 3.05) is 6.61 Å². The third-order valence-corrected chi connectivity index (χ3v) is 10.4. The first-order valence-electron chi connectivity index (χ1n) is 14.0. The molecule has 0 amide bonds. The van der Waals surface area contributed by atoms with Gasteiger partial charge in [0.2, 0.25) is 0 Å². The maximum Gasteiger partial charge on any atom is 0.327 e. The summed E-state index contributed by atoms with van der Waals surface area (Å²) >= 11 is 26.2. The molecule has 5 atom stereocenters. The van der Waals surface area contributed by atoms with E-state index in [2.05, 4.69) is 37.9 Å². The first-order valence-corrected chi connectivity index (χ1v) is 16.7. The number of carbonyl (C=O) groups is 2. The Bertz CT molecular complexity index is 1780. The number of Topliss-reactive ketones (excluding diaryl/α,β-unsaturated/α-hetero) is 1. The Morgan fingerprint density at radius 3 is 2.04 bits per heavy atom. The molecule has 0 saturated heterocycles. The average molecular weight is 791 g/mol. The van der Waals surface area contributed by atoms with Gasteiger partial charge in [-0.3, -0.25) is 9.59 Å². The summed E-state index contributed by atoms with van der Waals surface area (Å²) in [6.07, 6.45) is -0.209. The van der Waals surface area contributed by atoms with E-state index in [0.717, 1.165) is 8.95 Å². The van der Waals surface area contributed by atoms with Gasteiger partial charge in [-0.15, -0.1) is 0 Å². The SMILES string of the molecule is CCOC(=O)[C@@]1(C#N)[C@H](c2ccc(Cl)cc2)[C@@H](C(=O)c2ccc(Br)cc2)[C@@](O)(c2ccc(Br)cc2)C[C@H]1c1ccc(Cl)cc1Cl. The quantitative estimate of drug-likeness (QED) is 0.149. The van der Waals surface area contributed by atoms with Crippen LogP contribution in [0.3, 0.4) is 0 Å². The van der Waals surface area contributed by atoms with Gasteiger partial charge in [-0.2, -0.15) is 5.26 Å². The largest absolute Gasteiger partial charge is 0.465 e. The zero-order valence-corrected chi connectivity index (χ0v) is 29.3. The summed E-state index contributed by atoms with van der Waals surface area (Å²) in [7, 11) is 0. The van der Waals surface area contributed by atoms with Gasteiger partial charge in [-0.25, -0.2) is 0 Å². The number of rotatable bonds is 7. The van der Waals surface area contributed by atoms with Crippen molar-refractivity contribution in [1.29, 1.82) is 5.26 Å². The molecule has 1 aliphatic carbocycles. The van der Waals surface area contributed by atoms with Crippen molar-refractivity contribution < 1.29 is 19.4 Å². The number of aliphatic hydroxyl groups is 1. The minimum absolute atomic E-state index is 0.0149. The molecule has 0 spiro atoms. The molecule has 0 unspecified atom stereocenters. The predicted octanol–water partition coefficient (Wildman–Crippen LogP) is 9.90. The zero-order chi connectivity index (χ0) is 32.5. The van der Waals surface area contributed by atoms with Crippen molar-refractivity contribution >= 4 is 78.4 Å². The molecule has 230 valence electrons. The summed E-state index contributed by atoms with van der Waals surface area (Å²) in [5.74, 6) is -4.84. The number of ether oxygens (including phenoxy) is 1. The van der Waals surface area contributed by atoms with E-state index < -0.39 is 40.5 Å². The summed E-state index contributed by atoms with van der Waals surface area (Å²) in [4.78, 5) is 29.2. The van der Waals surface area contributed by atoms with Crippen LogP contribution in [0.2, 0.25) is 15.1 Å². The zero-order valence-electron chi connectivity index (χ0n) is 23.8. The van der Waals surface area contributed by atoms with E-state index >= 15 is 0 Å². The third-order valence-electron chi connectivity index (χ3n) is 8.52. The number of hydrogen-bond acceptors (Lipinski definition) is 5. The predicted molar refractivity (Wildman–Crippen MR) is 183 cm³/mol. The summed E-state index contributed by atoms with van der Waals surface area (Å²) in [5, 5.41) is 25.3. The highest BCUT2D eigenvalue weighted by Crippen LogP contribution is 2.64. The topological polar surface area (TPSA) is 87.4 Å². The Balaban J connectivity index is 1.91. The van der Waals surface area contributed by atoms with Gasteiger partial charge in [-0.05, 0) is 78.6 Å². The van der Waals surface area contributed by atoms with Crippen molar-refractivity contribution in [2.45, 2.75) is 30.8 Å². The lowest BCUT2D eigenvalue weighted by Gasteiger charge is -2.54. The van der Waals surface area contributed by atoms with Gasteiger partial charge in [0.15, 0.2) is 11.2 Å². The fourth-order valence-corrected chi connectivity index (χ4v) is 7.72. The van der Waals surface area contributed by atoms with Crippen molar-refractivity contribution in [3.8, 4) is 6.07 Å². The molecule has 4 aromatic rings. The van der Waals surface area contributed by atoms with Gasteiger partial charge in [-0.1, -0.05) is 109 Å². The van der Waals surface area contributed by atoms with Crippen LogP contribution in [0.5, 0.6) is 0 Å². The van der Waals surface area contributed by atoms with E-state index in [9.17, 15) is 20.0 Å². The van der Waals surface area contributed by atoms with E-state index in [1.165, 1.54) is 6.07 Å². The second-order valence-corrected chi connectivity index (χ2v) is 14.0. The van der Waals surface area contributed by atoms with Crippen molar-refractivity contribution in [3.63, 3.8) is 0 Å². The highest BCUT2D eigenvalue weighted by atomic mass is 79.9. The van der Waals surface area contributed by atoms with Crippen molar-refractivity contribution in [2.24, 2.45) is 11.3 Å². The molecule has 1 N–H and O–H groups in total. The van der Waals surface area contributed by atoms with E-state index in [0.29, 0.717) is 32.3 Å². The van der Waals surface area contributed by atoms with Gasteiger partial charge in [0, 0.05) is 41.4 Å². The molecule has 0 heterocycles. The molecule has 5 rings (SSSR count). The maximum atomic E-state index is 14.8. The van der Waals surface area contributed by atoms with Crippen LogP contribution in [-0.2, 0) is 15.1 Å². The molecule has 5 nitrogen and oxygen atoms in total. The molecule has 1 aliphatic rings. The second kappa shape index (κ2) is 13.6. The van der Waals surface area contributed by atoms with E-state index in [1.807, 2.05) is 0 Å². The molecular formula is C35H26Br2Cl3NO4. The number of esters is 1. The third kappa shape index (κ3) is 6.22. The van der Waals surface area contributed by atoms with Crippen LogP contribution in [0.25, 0.3) is 0 Å². The molecule has 10 heteroatoms. The summed E-state index contributed by atoms with van der Waals surface area (Å²) in [6.45, 7) is 1.63. The van der Waals surface area contributed by atoms with Gasteiger partial charge >= 0.3 is 5.97 Å². The van der Waals surface area contributed by atoms with Crippen LogP contribution in [-0.4, -0.2) is 23.5 Å². The molecule has 1 fully saturated rings. The minimum Gasteiger partial charge on any atom is -0.465 e. The first kappa shape index (κ1) is 33.7. The molecule has 1 saturated carbocycles. The van der Waals surface area contributed by atoms with Crippen molar-refractivity contribution in [3.05, 3.63) is 137 Å². The second-order valence-electron chi connectivity index (χ2n) is 10.9. The number of nitriles is 1. The molecule has 45 heavy (non-hydrogen) atoms. The number of benzene rings is 4. The number of halogens is 5. The summed E-state index contributed by atoms with van der Waals surface area (Å²) in [6, 6.07) is 27.5. The van der Waals surface area contributed by atoms with E-state index in [4.69, 9.17) is 39.5 Å². The lowest BCUT2D eigenvalue weighted by atomic mass is 9.47. The highest BCUT2D eigenvalue weighted by molar-refractivity contribution is 9.10. The van der Waals surface area contributed by atoms with Crippen LogP contribution in [0.1, 0.15) is 52.2 Å². The lowest BCUT2D eigenvalue weighted by Crippen LogP contribution is -2.59. The Morgan fingerprint density at radius 1 is 0.911 bits per heavy atom. The van der Waals surface area contributed by atoms with Crippen LogP contribution < -0.4 is 0 Å². The number of nitrogens with zero attached hydrogens (tertiary/aromatic N) is 1. The lowest BCUT2D eigenvalue weighted by molar-refractivity contribution is -0.164. The van der Waals surface area contributed by atoms with Gasteiger partial charge in [0.1, 0.15) is 5.60 Å². The Hall–Kier alpha value is -2.70. The fourth-order valence-electron chi connectivity index (χ4n) is 6.53. The molecule has 0 aliphatic heterocycles. The van der Waals surface area contributed by atoms with Crippen LogP contribution in [0, 0.1) is 22.7 Å². The minimum atomic E-state index is -2.02. The fraction of sp³-hybridized carbons (Fsp3) is 0.229. The normalized spacial score (nSPS) is 24.4. The number of hydrogen-bond donors (Lipinski definition) is 1. The van der Waals surface area contributed by atoms with Crippen LogP contribution in [0.4, 0.5) is 0 Å². The monoisotopic (exact) mass is 787 g/mol. The van der Waals surface area contributed by atoms with Gasteiger partial charge < -0.3 is 9.84 Å². The Labute approximate surface area is 293 Å². The smallest absolute Gasteiger partial charge is 0.327 e. The molecular weight excluding hydrogens is 765 g/mol. The molecule has 0 radical (unpaired) electrons. The maximum absolute atomic E-state index is 14.8. The molecule has 0 bridgehead atoms. The van der Waals surface area contributed by atoms with Gasteiger partial charge in [0.25, 0.3) is 0 Å². The van der Waals surface area contributed by atoms with E-state index in [-0.39, 0.29) is 18.1 Å². The number of carbonyl (C=O) groups excluding carboxylic acids is 2. The average Bonchev–Trinajstić information content (AvgIpc) is 3.01. The van der Waals surface area contributed by atoms with Crippen LogP contribution in [0.15, 0.2) is 99.9 Å².